The topological polar surface area (TPSA) is 56.7 Å². The van der Waals surface area contributed by atoms with E-state index in [2.05, 4.69) is 42.7 Å². The molecular weight excluding hydrogens is 266 g/mol. The molecule has 0 amide bonds. The van der Waals surface area contributed by atoms with E-state index < -0.39 is 5.97 Å². The van der Waals surface area contributed by atoms with Crippen molar-refractivity contribution in [1.82, 2.24) is 9.88 Å². The molecule has 0 atom stereocenters. The van der Waals surface area contributed by atoms with Crippen molar-refractivity contribution in [3.8, 4) is 0 Å². The summed E-state index contributed by atoms with van der Waals surface area (Å²) in [5.41, 5.74) is 1.19. The minimum absolute atomic E-state index is 0.328. The predicted octanol–water partition coefficient (Wildman–Crippen LogP) is 2.51. The lowest BCUT2D eigenvalue weighted by atomic mass is 10.1. The molecule has 0 radical (unpaired) electrons. The van der Waals surface area contributed by atoms with Gasteiger partial charge in [0.25, 0.3) is 0 Å². The summed E-state index contributed by atoms with van der Waals surface area (Å²) < 4.78 is 0. The maximum Gasteiger partial charge on any atom is 0.335 e. The van der Waals surface area contributed by atoms with Crippen LogP contribution in [0.25, 0.3) is 0 Å². The van der Waals surface area contributed by atoms with Crippen molar-refractivity contribution in [3.63, 3.8) is 0 Å². The van der Waals surface area contributed by atoms with Crippen LogP contribution in [0.2, 0.25) is 0 Å². The lowest BCUT2D eigenvalue weighted by Crippen LogP contribution is -2.28. The molecular formula is C16H27N3O2. The number of carboxylic acid groups (broad SMARTS) is 1. The second kappa shape index (κ2) is 8.62. The van der Waals surface area contributed by atoms with Crippen molar-refractivity contribution in [2.24, 2.45) is 0 Å². The first-order valence-electron chi connectivity index (χ1n) is 7.61. The molecule has 0 saturated carbocycles. The molecule has 0 aliphatic rings. The molecule has 118 valence electrons. The van der Waals surface area contributed by atoms with Crippen LogP contribution in [0.5, 0.6) is 0 Å². The molecule has 21 heavy (non-hydrogen) atoms. The van der Waals surface area contributed by atoms with Crippen molar-refractivity contribution < 1.29 is 9.90 Å². The van der Waals surface area contributed by atoms with Gasteiger partial charge in [-0.1, -0.05) is 13.3 Å². The molecule has 0 fully saturated rings. The fourth-order valence-corrected chi connectivity index (χ4v) is 2.25. The summed E-state index contributed by atoms with van der Waals surface area (Å²) in [6.07, 6.45) is 2.80. The first kappa shape index (κ1) is 17.4. The Hall–Kier alpha value is -1.62. The highest BCUT2D eigenvalue weighted by atomic mass is 16.4. The Balaban J connectivity index is 2.93. The van der Waals surface area contributed by atoms with E-state index in [4.69, 9.17) is 0 Å². The zero-order valence-corrected chi connectivity index (χ0v) is 13.6. The molecule has 1 N–H and O–H groups in total. The van der Waals surface area contributed by atoms with Crippen LogP contribution in [-0.2, 0) is 6.42 Å². The largest absolute Gasteiger partial charge is 0.478 e. The lowest BCUT2D eigenvalue weighted by molar-refractivity contribution is 0.0696. The van der Waals surface area contributed by atoms with Crippen LogP contribution in [0.15, 0.2) is 12.1 Å². The van der Waals surface area contributed by atoms with E-state index in [1.54, 1.807) is 12.1 Å². The Labute approximate surface area is 127 Å². The fourth-order valence-electron chi connectivity index (χ4n) is 2.25. The van der Waals surface area contributed by atoms with E-state index in [1.807, 2.05) is 0 Å². The standard InChI is InChI=1S/C16H27N3O2/c1-5-8-14-11-13(16(20)21)12-15(17-14)19(6-2)10-7-9-18(3)4/h11-12H,5-10H2,1-4H3,(H,20,21). The average Bonchev–Trinajstić information content (AvgIpc) is 2.43. The summed E-state index contributed by atoms with van der Waals surface area (Å²) >= 11 is 0. The predicted molar refractivity (Wildman–Crippen MR) is 86.2 cm³/mol. The van der Waals surface area contributed by atoms with Gasteiger partial charge in [0.15, 0.2) is 0 Å². The molecule has 5 nitrogen and oxygen atoms in total. The van der Waals surface area contributed by atoms with Gasteiger partial charge in [-0.25, -0.2) is 9.78 Å². The second-order valence-electron chi connectivity index (χ2n) is 5.50. The minimum atomic E-state index is -0.889. The number of aryl methyl sites for hydroxylation is 1. The number of aromatic carboxylic acids is 1. The summed E-state index contributed by atoms with van der Waals surface area (Å²) in [4.78, 5) is 20.2. The van der Waals surface area contributed by atoms with E-state index in [-0.39, 0.29) is 0 Å². The first-order chi connectivity index (χ1) is 9.97. The summed E-state index contributed by atoms with van der Waals surface area (Å²) in [7, 11) is 4.11. The number of hydrogen-bond acceptors (Lipinski definition) is 4. The van der Waals surface area contributed by atoms with Gasteiger partial charge in [0.05, 0.1) is 5.56 Å². The number of carbonyl (C=O) groups is 1. The zero-order chi connectivity index (χ0) is 15.8. The summed E-state index contributed by atoms with van der Waals surface area (Å²) in [6.45, 7) is 6.87. The lowest BCUT2D eigenvalue weighted by Gasteiger charge is -2.23. The number of pyridine rings is 1. The third kappa shape index (κ3) is 5.71. The molecule has 0 aliphatic carbocycles. The highest BCUT2D eigenvalue weighted by molar-refractivity contribution is 5.88. The number of nitrogens with zero attached hydrogens (tertiary/aromatic N) is 3. The average molecular weight is 293 g/mol. The smallest absolute Gasteiger partial charge is 0.335 e. The number of hydrogen-bond donors (Lipinski definition) is 1. The molecule has 0 aromatic carbocycles. The highest BCUT2D eigenvalue weighted by Gasteiger charge is 2.12. The van der Waals surface area contributed by atoms with E-state index in [0.717, 1.165) is 50.4 Å². The number of carboxylic acids is 1. The molecule has 1 aromatic heterocycles. The Kier molecular flexibility index (Phi) is 7.15. The normalized spacial score (nSPS) is 10.9. The van der Waals surface area contributed by atoms with E-state index in [0.29, 0.717) is 5.56 Å². The maximum atomic E-state index is 11.3. The molecule has 1 rings (SSSR count). The fraction of sp³-hybridized carbons (Fsp3) is 0.625. The van der Waals surface area contributed by atoms with Crippen LogP contribution < -0.4 is 4.90 Å². The summed E-state index contributed by atoms with van der Waals surface area (Å²) in [5.74, 6) is -0.111. The van der Waals surface area contributed by atoms with Crippen LogP contribution in [0.1, 0.15) is 42.7 Å². The van der Waals surface area contributed by atoms with Crippen LogP contribution in [0.4, 0.5) is 5.82 Å². The van der Waals surface area contributed by atoms with Gasteiger partial charge in [-0.3, -0.25) is 0 Å². The Bertz CT molecular complexity index is 461. The van der Waals surface area contributed by atoms with Crippen molar-refractivity contribution in [3.05, 3.63) is 23.4 Å². The van der Waals surface area contributed by atoms with Gasteiger partial charge in [-0.15, -0.1) is 0 Å². The van der Waals surface area contributed by atoms with Crippen LogP contribution in [0, 0.1) is 0 Å². The number of rotatable bonds is 9. The minimum Gasteiger partial charge on any atom is -0.478 e. The molecule has 0 saturated heterocycles. The van der Waals surface area contributed by atoms with Gasteiger partial charge >= 0.3 is 5.97 Å². The van der Waals surface area contributed by atoms with E-state index in [1.165, 1.54) is 0 Å². The van der Waals surface area contributed by atoms with Crippen molar-refractivity contribution in [2.45, 2.75) is 33.1 Å². The highest BCUT2D eigenvalue weighted by Crippen LogP contribution is 2.17. The SMILES string of the molecule is CCCc1cc(C(=O)O)cc(N(CC)CCCN(C)C)n1. The van der Waals surface area contributed by atoms with Crippen LogP contribution in [0.3, 0.4) is 0 Å². The maximum absolute atomic E-state index is 11.3. The molecule has 0 bridgehead atoms. The van der Waals surface area contributed by atoms with Crippen molar-refractivity contribution in [1.29, 1.82) is 0 Å². The van der Waals surface area contributed by atoms with E-state index >= 15 is 0 Å². The van der Waals surface area contributed by atoms with Gasteiger partial charge in [-0.05, 0) is 52.5 Å². The Morgan fingerprint density at radius 1 is 1.24 bits per heavy atom. The molecule has 1 heterocycles. The van der Waals surface area contributed by atoms with E-state index in [9.17, 15) is 9.90 Å². The summed E-state index contributed by atoms with van der Waals surface area (Å²) in [6, 6.07) is 3.36. The van der Waals surface area contributed by atoms with Gasteiger partial charge in [-0.2, -0.15) is 0 Å². The van der Waals surface area contributed by atoms with Gasteiger partial charge < -0.3 is 14.9 Å². The van der Waals surface area contributed by atoms with Crippen molar-refractivity contribution in [2.75, 3.05) is 38.6 Å². The molecule has 5 heteroatoms. The quantitative estimate of drug-likeness (QED) is 0.758. The molecule has 0 aliphatic heterocycles. The van der Waals surface area contributed by atoms with Crippen molar-refractivity contribution >= 4 is 11.8 Å². The van der Waals surface area contributed by atoms with Gasteiger partial charge in [0.1, 0.15) is 5.82 Å². The number of anilines is 1. The molecule has 1 aromatic rings. The second-order valence-corrected chi connectivity index (χ2v) is 5.50. The number of aromatic nitrogens is 1. The monoisotopic (exact) mass is 293 g/mol. The van der Waals surface area contributed by atoms with Crippen LogP contribution >= 0.6 is 0 Å². The first-order valence-corrected chi connectivity index (χ1v) is 7.61. The summed E-state index contributed by atoms with van der Waals surface area (Å²) in [5, 5.41) is 9.25. The van der Waals surface area contributed by atoms with Gasteiger partial charge in [0.2, 0.25) is 0 Å². The third-order valence-corrected chi connectivity index (χ3v) is 3.36. The zero-order valence-electron chi connectivity index (χ0n) is 13.6. The van der Waals surface area contributed by atoms with Crippen LogP contribution in [-0.4, -0.2) is 54.7 Å². The Morgan fingerprint density at radius 3 is 2.48 bits per heavy atom. The van der Waals surface area contributed by atoms with Gasteiger partial charge in [0, 0.05) is 18.8 Å². The third-order valence-electron chi connectivity index (χ3n) is 3.36. The Morgan fingerprint density at radius 2 is 1.95 bits per heavy atom. The molecule has 0 spiro atoms. The molecule has 0 unspecified atom stereocenters.